The van der Waals surface area contributed by atoms with Gasteiger partial charge in [-0.1, -0.05) is 17.7 Å². The smallest absolute Gasteiger partial charge is 0.119 e. The summed E-state index contributed by atoms with van der Waals surface area (Å²) in [7, 11) is 0. The van der Waals surface area contributed by atoms with Gasteiger partial charge in [0.05, 0.1) is 0 Å². The van der Waals surface area contributed by atoms with Crippen LogP contribution in [-0.4, -0.2) is 12.1 Å². The van der Waals surface area contributed by atoms with Crippen LogP contribution in [0.1, 0.15) is 12.0 Å². The molecule has 1 aromatic carbocycles. The van der Waals surface area contributed by atoms with Gasteiger partial charge in [-0.15, -0.1) is 0 Å². The molecule has 1 aliphatic carbocycles. The van der Waals surface area contributed by atoms with E-state index in [1.807, 2.05) is 24.3 Å². The molecule has 2 rings (SSSR count). The van der Waals surface area contributed by atoms with Gasteiger partial charge in [0.1, 0.15) is 11.9 Å². The molecule has 1 aromatic rings. The molecule has 2 heteroatoms. The summed E-state index contributed by atoms with van der Waals surface area (Å²) in [6, 6.07) is 8.32. The van der Waals surface area contributed by atoms with Crippen LogP contribution in [0.15, 0.2) is 24.3 Å². The first-order valence-corrected chi connectivity index (χ1v) is 4.24. The van der Waals surface area contributed by atoms with E-state index in [1.165, 1.54) is 5.56 Å². The molecule has 0 bridgehead atoms. The molecule has 0 radical (unpaired) electrons. The molecule has 12 heavy (non-hydrogen) atoms. The summed E-state index contributed by atoms with van der Waals surface area (Å²) in [5.41, 5.74) is 6.87. The van der Waals surface area contributed by atoms with E-state index in [0.717, 1.165) is 12.2 Å². The van der Waals surface area contributed by atoms with Gasteiger partial charge in [-0.05, 0) is 19.1 Å². The minimum atomic E-state index is 0.256. The van der Waals surface area contributed by atoms with Gasteiger partial charge in [0, 0.05) is 12.5 Å². The van der Waals surface area contributed by atoms with Gasteiger partial charge in [-0.2, -0.15) is 0 Å². The minimum absolute atomic E-state index is 0.256. The summed E-state index contributed by atoms with van der Waals surface area (Å²) in [4.78, 5) is 0. The molecule has 2 unspecified atom stereocenters. The molecule has 2 N–H and O–H groups in total. The van der Waals surface area contributed by atoms with Crippen LogP contribution < -0.4 is 10.5 Å². The predicted molar refractivity (Wildman–Crippen MR) is 48.2 cm³/mol. The number of nitrogens with two attached hydrogens (primary N) is 1. The summed E-state index contributed by atoms with van der Waals surface area (Å²) < 4.78 is 5.57. The van der Waals surface area contributed by atoms with Crippen molar-refractivity contribution in [2.75, 3.05) is 0 Å². The van der Waals surface area contributed by atoms with Crippen LogP contribution in [0.2, 0.25) is 0 Å². The van der Waals surface area contributed by atoms with Crippen LogP contribution in [0.5, 0.6) is 5.75 Å². The fourth-order valence-electron chi connectivity index (χ4n) is 1.12. The molecule has 1 fully saturated rings. The van der Waals surface area contributed by atoms with E-state index in [1.54, 1.807) is 0 Å². The van der Waals surface area contributed by atoms with Crippen LogP contribution in [0.4, 0.5) is 0 Å². The lowest BCUT2D eigenvalue weighted by Gasteiger charge is -2.03. The molecule has 1 saturated carbocycles. The first-order chi connectivity index (χ1) is 5.75. The van der Waals surface area contributed by atoms with Gasteiger partial charge in [0.15, 0.2) is 0 Å². The summed E-state index contributed by atoms with van der Waals surface area (Å²) in [6.45, 7) is 2.06. The van der Waals surface area contributed by atoms with Gasteiger partial charge in [-0.25, -0.2) is 0 Å². The third kappa shape index (κ3) is 1.59. The molecular formula is C10H13NO. The fraction of sp³-hybridized carbons (Fsp3) is 0.400. The second-order valence-corrected chi connectivity index (χ2v) is 3.37. The first-order valence-electron chi connectivity index (χ1n) is 4.24. The molecule has 2 nitrogen and oxygen atoms in total. The summed E-state index contributed by atoms with van der Waals surface area (Å²) in [5.74, 6) is 0.929. The van der Waals surface area contributed by atoms with Gasteiger partial charge < -0.3 is 10.5 Å². The van der Waals surface area contributed by atoms with Crippen molar-refractivity contribution in [3.8, 4) is 5.75 Å². The Morgan fingerprint density at radius 3 is 2.42 bits per heavy atom. The van der Waals surface area contributed by atoms with Crippen molar-refractivity contribution in [2.45, 2.75) is 25.5 Å². The Labute approximate surface area is 72.3 Å². The lowest BCUT2D eigenvalue weighted by atomic mass is 10.2. The third-order valence-corrected chi connectivity index (χ3v) is 2.09. The van der Waals surface area contributed by atoms with Crippen LogP contribution in [0, 0.1) is 6.92 Å². The van der Waals surface area contributed by atoms with Gasteiger partial charge >= 0.3 is 0 Å². The highest BCUT2D eigenvalue weighted by Crippen LogP contribution is 2.25. The molecule has 0 saturated heterocycles. The number of aryl methyl sites for hydroxylation is 1. The second-order valence-electron chi connectivity index (χ2n) is 3.37. The van der Waals surface area contributed by atoms with E-state index in [9.17, 15) is 0 Å². The Morgan fingerprint density at radius 2 is 1.92 bits per heavy atom. The maximum Gasteiger partial charge on any atom is 0.119 e. The van der Waals surface area contributed by atoms with E-state index in [-0.39, 0.29) is 12.1 Å². The van der Waals surface area contributed by atoms with Crippen molar-refractivity contribution < 1.29 is 4.74 Å². The minimum Gasteiger partial charge on any atom is -0.489 e. The molecule has 64 valence electrons. The average molecular weight is 163 g/mol. The Morgan fingerprint density at radius 1 is 1.33 bits per heavy atom. The highest BCUT2D eigenvalue weighted by atomic mass is 16.5. The Balaban J connectivity index is 2.00. The van der Waals surface area contributed by atoms with Gasteiger partial charge in [-0.3, -0.25) is 0 Å². The fourth-order valence-corrected chi connectivity index (χ4v) is 1.12. The zero-order chi connectivity index (χ0) is 8.55. The first kappa shape index (κ1) is 7.62. The Bertz CT molecular complexity index is 268. The SMILES string of the molecule is Cc1ccc(OC2CC2N)cc1. The number of benzene rings is 1. The van der Waals surface area contributed by atoms with Crippen molar-refractivity contribution in [3.63, 3.8) is 0 Å². The van der Waals surface area contributed by atoms with E-state index >= 15 is 0 Å². The van der Waals surface area contributed by atoms with Crippen molar-refractivity contribution >= 4 is 0 Å². The predicted octanol–water partition coefficient (Wildman–Crippen LogP) is 1.47. The average Bonchev–Trinajstić information content (AvgIpc) is 2.72. The number of hydrogen-bond acceptors (Lipinski definition) is 2. The highest BCUT2D eigenvalue weighted by molar-refractivity contribution is 5.27. The van der Waals surface area contributed by atoms with Crippen molar-refractivity contribution in [3.05, 3.63) is 29.8 Å². The summed E-state index contributed by atoms with van der Waals surface area (Å²) in [5, 5.41) is 0. The topological polar surface area (TPSA) is 35.2 Å². The molecule has 1 aliphatic rings. The van der Waals surface area contributed by atoms with Crippen LogP contribution in [0.25, 0.3) is 0 Å². The lowest BCUT2D eigenvalue weighted by molar-refractivity contribution is 0.296. The van der Waals surface area contributed by atoms with E-state index in [4.69, 9.17) is 10.5 Å². The lowest BCUT2D eigenvalue weighted by Crippen LogP contribution is -2.10. The quantitative estimate of drug-likeness (QED) is 0.716. The van der Waals surface area contributed by atoms with Crippen molar-refractivity contribution in [1.29, 1.82) is 0 Å². The normalized spacial score (nSPS) is 26.8. The molecule has 0 amide bonds. The molecule has 2 atom stereocenters. The summed E-state index contributed by atoms with van der Waals surface area (Å²) >= 11 is 0. The maximum atomic E-state index is 5.62. The zero-order valence-corrected chi connectivity index (χ0v) is 7.16. The van der Waals surface area contributed by atoms with E-state index in [2.05, 4.69) is 6.92 Å². The van der Waals surface area contributed by atoms with Crippen molar-refractivity contribution in [2.24, 2.45) is 5.73 Å². The van der Waals surface area contributed by atoms with Gasteiger partial charge in [0.2, 0.25) is 0 Å². The van der Waals surface area contributed by atoms with Crippen molar-refractivity contribution in [1.82, 2.24) is 0 Å². The standard InChI is InChI=1S/C10H13NO/c1-7-2-4-8(5-3-7)12-10-6-9(10)11/h2-5,9-10H,6,11H2,1H3. The monoisotopic (exact) mass is 163 g/mol. The molecule has 0 spiro atoms. The molecular weight excluding hydrogens is 150 g/mol. The molecule has 0 aromatic heterocycles. The number of hydrogen-bond donors (Lipinski definition) is 1. The Hall–Kier alpha value is -1.02. The third-order valence-electron chi connectivity index (χ3n) is 2.09. The van der Waals surface area contributed by atoms with E-state index in [0.29, 0.717) is 0 Å². The van der Waals surface area contributed by atoms with E-state index < -0.39 is 0 Å². The van der Waals surface area contributed by atoms with Crippen LogP contribution in [0.3, 0.4) is 0 Å². The molecule has 0 heterocycles. The van der Waals surface area contributed by atoms with Gasteiger partial charge in [0.25, 0.3) is 0 Å². The summed E-state index contributed by atoms with van der Waals surface area (Å²) in [6.07, 6.45) is 1.25. The van der Waals surface area contributed by atoms with Crippen LogP contribution in [-0.2, 0) is 0 Å². The largest absolute Gasteiger partial charge is 0.489 e. The highest BCUT2D eigenvalue weighted by Gasteiger charge is 2.35. The maximum absolute atomic E-state index is 5.62. The second kappa shape index (κ2) is 2.79. The zero-order valence-electron chi connectivity index (χ0n) is 7.16. The number of rotatable bonds is 2. The van der Waals surface area contributed by atoms with Crippen LogP contribution >= 0.6 is 0 Å². The number of ether oxygens (including phenoxy) is 1. The molecule has 0 aliphatic heterocycles. The Kier molecular flexibility index (Phi) is 1.77.